The fourth-order valence-corrected chi connectivity index (χ4v) is 3.53. The highest BCUT2D eigenvalue weighted by Crippen LogP contribution is 2.39. The molecule has 0 amide bonds. The molecular weight excluding hydrogens is 473 g/mol. The largest absolute Gasteiger partial charge is 0.493 e. The van der Waals surface area contributed by atoms with Gasteiger partial charge in [-0.1, -0.05) is 27.7 Å². The maximum absolute atomic E-state index is 11.2. The molecule has 0 unspecified atom stereocenters. The zero-order valence-electron chi connectivity index (χ0n) is 17.7. The molecule has 170 valence electrons. The number of anilines is 1. The lowest BCUT2D eigenvalue weighted by Gasteiger charge is -2.14. The fraction of sp³-hybridized carbons (Fsp3) is 0.200. The molecule has 0 aliphatic carbocycles. The quantitative estimate of drug-likeness (QED) is 0.288. The van der Waals surface area contributed by atoms with Gasteiger partial charge in [0.05, 0.1) is 17.8 Å². The maximum Gasteiger partial charge on any atom is 0.368 e. The molecule has 4 rings (SSSR count). The monoisotopic (exact) mass is 489 g/mol. The van der Waals surface area contributed by atoms with E-state index < -0.39 is 4.92 Å². The second-order valence-electron chi connectivity index (χ2n) is 6.90. The molecule has 0 radical (unpaired) electrons. The number of imidazole rings is 1. The lowest BCUT2D eigenvalue weighted by Crippen LogP contribution is -2.06. The van der Waals surface area contributed by atoms with Crippen LogP contribution >= 0.6 is 23.2 Å². The van der Waals surface area contributed by atoms with E-state index in [1.54, 1.807) is 32.0 Å². The molecule has 3 aromatic heterocycles. The number of fused-ring (bicyclic) bond motifs is 1. The Labute approximate surface area is 197 Å². The summed E-state index contributed by atoms with van der Waals surface area (Å²) in [6, 6.07) is 6.50. The average Bonchev–Trinajstić information content (AvgIpc) is 3.20. The van der Waals surface area contributed by atoms with Crippen molar-refractivity contribution in [1.29, 1.82) is 0 Å². The van der Waals surface area contributed by atoms with Crippen LogP contribution in [0.4, 0.5) is 11.6 Å². The van der Waals surface area contributed by atoms with E-state index in [4.69, 9.17) is 32.7 Å². The Morgan fingerprint density at radius 1 is 1.21 bits per heavy atom. The van der Waals surface area contributed by atoms with Crippen molar-refractivity contribution in [2.75, 3.05) is 12.4 Å². The highest BCUT2D eigenvalue weighted by Gasteiger charge is 2.19. The number of halogens is 2. The van der Waals surface area contributed by atoms with Crippen LogP contribution in [0.5, 0.6) is 17.4 Å². The zero-order chi connectivity index (χ0) is 23.7. The first-order chi connectivity index (χ1) is 15.8. The Hall–Kier alpha value is -3.70. The predicted octanol–water partition coefficient (Wildman–Crippen LogP) is 4.76. The third kappa shape index (κ3) is 4.59. The summed E-state index contributed by atoms with van der Waals surface area (Å²) in [5, 5.41) is 19.2. The Morgan fingerprint density at radius 3 is 2.73 bits per heavy atom. The molecule has 0 bridgehead atoms. The van der Waals surface area contributed by atoms with Crippen LogP contribution in [0.1, 0.15) is 17.1 Å². The van der Waals surface area contributed by atoms with E-state index in [1.165, 1.54) is 13.2 Å². The van der Waals surface area contributed by atoms with Crippen LogP contribution in [0.2, 0.25) is 10.0 Å². The van der Waals surface area contributed by atoms with Crippen LogP contribution < -0.4 is 14.8 Å². The van der Waals surface area contributed by atoms with Gasteiger partial charge in [-0.15, -0.1) is 0 Å². The lowest BCUT2D eigenvalue weighted by atomic mass is 10.2. The number of benzene rings is 1. The SMILES string of the molecule is COc1cc(CNc2nc(C)nc(C)c2Cl)cc(Cl)c1Oc1ccc2ncc([N+](=O)[O-])n2n1. The summed E-state index contributed by atoms with van der Waals surface area (Å²) in [7, 11) is 1.47. The van der Waals surface area contributed by atoms with Crippen molar-refractivity contribution in [3.05, 3.63) is 67.7 Å². The minimum atomic E-state index is -0.584. The van der Waals surface area contributed by atoms with Crippen LogP contribution in [0, 0.1) is 24.0 Å². The van der Waals surface area contributed by atoms with Gasteiger partial charge >= 0.3 is 5.82 Å². The molecule has 1 N–H and O–H groups in total. The Balaban J connectivity index is 1.60. The van der Waals surface area contributed by atoms with Crippen molar-refractivity contribution in [2.45, 2.75) is 20.4 Å². The molecule has 4 aromatic rings. The summed E-state index contributed by atoms with van der Waals surface area (Å²) < 4.78 is 12.3. The Bertz CT molecular complexity index is 1380. The number of aryl methyl sites for hydroxylation is 2. The number of hydrogen-bond donors (Lipinski definition) is 1. The van der Waals surface area contributed by atoms with E-state index in [0.29, 0.717) is 40.3 Å². The lowest BCUT2D eigenvalue weighted by molar-refractivity contribution is -0.391. The van der Waals surface area contributed by atoms with Crippen molar-refractivity contribution in [2.24, 2.45) is 0 Å². The van der Waals surface area contributed by atoms with Gasteiger partial charge in [-0.3, -0.25) is 0 Å². The molecule has 0 saturated heterocycles. The number of nitrogens with one attached hydrogen (secondary N) is 1. The zero-order valence-corrected chi connectivity index (χ0v) is 19.2. The van der Waals surface area contributed by atoms with Crippen molar-refractivity contribution < 1.29 is 14.4 Å². The van der Waals surface area contributed by atoms with E-state index in [9.17, 15) is 10.1 Å². The van der Waals surface area contributed by atoms with Gasteiger partial charge in [0.1, 0.15) is 22.9 Å². The van der Waals surface area contributed by atoms with Crippen LogP contribution in [-0.4, -0.2) is 36.6 Å². The number of hydrogen-bond acceptors (Lipinski definition) is 9. The first-order valence-corrected chi connectivity index (χ1v) is 10.3. The summed E-state index contributed by atoms with van der Waals surface area (Å²) >= 11 is 12.8. The molecule has 11 nitrogen and oxygen atoms in total. The first-order valence-electron chi connectivity index (χ1n) is 9.55. The fourth-order valence-electron chi connectivity index (χ4n) is 3.10. The second-order valence-corrected chi connectivity index (χ2v) is 7.68. The van der Waals surface area contributed by atoms with Gasteiger partial charge in [0.15, 0.2) is 11.5 Å². The minimum absolute atomic E-state index is 0.0772. The van der Waals surface area contributed by atoms with Crippen LogP contribution in [0.25, 0.3) is 5.65 Å². The van der Waals surface area contributed by atoms with Crippen molar-refractivity contribution in [1.82, 2.24) is 24.6 Å². The summed E-state index contributed by atoms with van der Waals surface area (Å²) in [4.78, 5) is 23.1. The maximum atomic E-state index is 11.2. The number of rotatable bonds is 7. The van der Waals surface area contributed by atoms with Crippen LogP contribution in [0.3, 0.4) is 0 Å². The smallest absolute Gasteiger partial charge is 0.368 e. The van der Waals surface area contributed by atoms with Crippen molar-refractivity contribution >= 4 is 40.5 Å². The summed E-state index contributed by atoms with van der Waals surface area (Å²) in [6.45, 7) is 3.94. The molecule has 0 aliphatic heterocycles. The molecule has 0 spiro atoms. The molecule has 13 heteroatoms. The highest BCUT2D eigenvalue weighted by atomic mass is 35.5. The van der Waals surface area contributed by atoms with Gasteiger partial charge in [-0.05, 0) is 41.6 Å². The summed E-state index contributed by atoms with van der Waals surface area (Å²) in [5.41, 5.74) is 1.76. The van der Waals surface area contributed by atoms with Gasteiger partial charge in [0, 0.05) is 18.7 Å². The second kappa shape index (κ2) is 9.04. The van der Waals surface area contributed by atoms with Gasteiger partial charge in [-0.25, -0.2) is 15.0 Å². The molecular formula is C20H17Cl2N7O4. The third-order valence-corrected chi connectivity index (χ3v) is 5.32. The van der Waals surface area contributed by atoms with E-state index in [0.717, 1.165) is 16.3 Å². The van der Waals surface area contributed by atoms with Crippen molar-refractivity contribution in [3.8, 4) is 17.4 Å². The summed E-state index contributed by atoms with van der Waals surface area (Å²) in [5.74, 6) is 1.46. The molecule has 0 saturated carbocycles. The van der Waals surface area contributed by atoms with E-state index in [1.807, 2.05) is 0 Å². The first kappa shape index (κ1) is 22.5. The topological polar surface area (TPSA) is 130 Å². The van der Waals surface area contributed by atoms with Gasteiger partial charge in [0.25, 0.3) is 5.88 Å². The van der Waals surface area contributed by atoms with Gasteiger partial charge in [-0.2, -0.15) is 0 Å². The number of nitro groups is 1. The number of methoxy groups -OCH3 is 1. The Kier molecular flexibility index (Phi) is 6.16. The molecule has 0 fully saturated rings. The standard InChI is InChI=1S/C20H17Cl2N7O4/c1-10-18(22)20(26-11(2)25-10)24-8-12-6-13(21)19(14(7-12)32-3)33-16-5-4-15-23-9-17(29(30)31)28(15)27-16/h4-7,9H,8H2,1-3H3,(H,24,25,26). The van der Waals surface area contributed by atoms with Crippen LogP contribution in [0.15, 0.2) is 30.5 Å². The molecule has 0 aliphatic rings. The minimum Gasteiger partial charge on any atom is -0.493 e. The van der Waals surface area contributed by atoms with Gasteiger partial charge in [0.2, 0.25) is 5.65 Å². The normalized spacial score (nSPS) is 10.9. The average molecular weight is 490 g/mol. The molecule has 0 atom stereocenters. The van der Waals surface area contributed by atoms with E-state index >= 15 is 0 Å². The number of nitrogens with zero attached hydrogens (tertiary/aromatic N) is 6. The number of ether oxygens (including phenoxy) is 2. The van der Waals surface area contributed by atoms with Crippen LogP contribution in [-0.2, 0) is 6.54 Å². The molecule has 1 aromatic carbocycles. The number of aromatic nitrogens is 5. The molecule has 3 heterocycles. The highest BCUT2D eigenvalue weighted by molar-refractivity contribution is 6.33. The third-order valence-electron chi connectivity index (χ3n) is 4.59. The van der Waals surface area contributed by atoms with E-state index in [2.05, 4.69) is 25.4 Å². The summed E-state index contributed by atoms with van der Waals surface area (Å²) in [6.07, 6.45) is 1.12. The Morgan fingerprint density at radius 2 is 2.00 bits per heavy atom. The van der Waals surface area contributed by atoms with Crippen molar-refractivity contribution in [3.63, 3.8) is 0 Å². The predicted molar refractivity (Wildman–Crippen MR) is 122 cm³/mol. The van der Waals surface area contributed by atoms with E-state index in [-0.39, 0.29) is 22.5 Å². The molecule has 33 heavy (non-hydrogen) atoms. The van der Waals surface area contributed by atoms with Gasteiger partial charge < -0.3 is 24.9 Å².